The molecule has 90 valence electrons. The van der Waals surface area contributed by atoms with E-state index in [2.05, 4.69) is 5.32 Å². The van der Waals surface area contributed by atoms with E-state index in [1.165, 1.54) is 0 Å². The van der Waals surface area contributed by atoms with Crippen molar-refractivity contribution in [1.82, 2.24) is 5.32 Å². The summed E-state index contributed by atoms with van der Waals surface area (Å²) >= 11 is 5.97. The normalized spacial score (nSPS) is 14.8. The highest BCUT2D eigenvalue weighted by molar-refractivity contribution is 6.31. The lowest BCUT2D eigenvalue weighted by atomic mass is 10.1. The quantitative estimate of drug-likeness (QED) is 0.713. The Bertz CT molecular complexity index is 316. The minimum atomic E-state index is -0.644. The fourth-order valence-electron chi connectivity index (χ4n) is 1.47. The van der Waals surface area contributed by atoms with Crippen LogP contribution in [0.2, 0.25) is 5.02 Å². The summed E-state index contributed by atoms with van der Waals surface area (Å²) in [5, 5.41) is 22.6. The van der Waals surface area contributed by atoms with Gasteiger partial charge in [-0.05, 0) is 12.5 Å². The third-order valence-corrected chi connectivity index (χ3v) is 2.92. The van der Waals surface area contributed by atoms with Gasteiger partial charge in [-0.25, -0.2) is 0 Å². The van der Waals surface area contributed by atoms with Crippen LogP contribution >= 0.6 is 11.6 Å². The molecular formula is C12H18ClNO2. The number of rotatable bonds is 6. The summed E-state index contributed by atoms with van der Waals surface area (Å²) in [6.07, 6.45) is 0.181. The predicted molar refractivity (Wildman–Crippen MR) is 65.6 cm³/mol. The van der Waals surface area contributed by atoms with Crippen LogP contribution in [0.1, 0.15) is 25.0 Å². The van der Waals surface area contributed by atoms with Crippen LogP contribution < -0.4 is 5.32 Å². The molecule has 1 rings (SSSR count). The zero-order valence-electron chi connectivity index (χ0n) is 9.36. The van der Waals surface area contributed by atoms with E-state index in [1.807, 2.05) is 19.1 Å². The molecule has 0 aliphatic heterocycles. The molecule has 0 aliphatic carbocycles. The minimum Gasteiger partial charge on any atom is -0.395 e. The summed E-state index contributed by atoms with van der Waals surface area (Å²) in [6.45, 7) is 2.45. The first-order valence-electron chi connectivity index (χ1n) is 5.45. The average Bonchev–Trinajstić information content (AvgIpc) is 2.30. The largest absolute Gasteiger partial charge is 0.395 e. The van der Waals surface area contributed by atoms with Gasteiger partial charge < -0.3 is 15.5 Å². The van der Waals surface area contributed by atoms with Crippen molar-refractivity contribution < 1.29 is 10.2 Å². The van der Waals surface area contributed by atoms with Crippen LogP contribution in [0, 0.1) is 0 Å². The number of hydrogen-bond acceptors (Lipinski definition) is 3. The van der Waals surface area contributed by atoms with E-state index in [9.17, 15) is 5.11 Å². The molecule has 0 saturated carbocycles. The molecule has 0 amide bonds. The zero-order valence-corrected chi connectivity index (χ0v) is 10.1. The van der Waals surface area contributed by atoms with Gasteiger partial charge in [0.25, 0.3) is 0 Å². The molecular weight excluding hydrogens is 226 g/mol. The first kappa shape index (κ1) is 13.5. The van der Waals surface area contributed by atoms with Gasteiger partial charge in [0.15, 0.2) is 0 Å². The van der Waals surface area contributed by atoms with Crippen LogP contribution in [0.3, 0.4) is 0 Å². The molecule has 16 heavy (non-hydrogen) atoms. The third kappa shape index (κ3) is 3.76. The van der Waals surface area contributed by atoms with Crippen molar-refractivity contribution in [1.29, 1.82) is 0 Å². The highest BCUT2D eigenvalue weighted by Crippen LogP contribution is 2.21. The standard InChI is InChI=1S/C12H18ClNO2/c1-2-9(8-15)14-7-12(16)10-5-3-4-6-11(10)13/h3-6,9,12,14-16H,2,7-8H2,1H3. The number of aliphatic hydroxyl groups is 2. The summed E-state index contributed by atoms with van der Waals surface area (Å²) in [6, 6.07) is 7.25. The third-order valence-electron chi connectivity index (χ3n) is 2.58. The van der Waals surface area contributed by atoms with Gasteiger partial charge in [-0.15, -0.1) is 0 Å². The molecule has 1 aromatic rings. The second kappa shape index (κ2) is 6.86. The molecule has 3 N–H and O–H groups in total. The number of benzene rings is 1. The van der Waals surface area contributed by atoms with E-state index in [0.717, 1.165) is 6.42 Å². The summed E-state index contributed by atoms with van der Waals surface area (Å²) in [4.78, 5) is 0. The van der Waals surface area contributed by atoms with E-state index in [4.69, 9.17) is 16.7 Å². The Hall–Kier alpha value is -0.610. The Morgan fingerprint density at radius 2 is 2.06 bits per heavy atom. The number of nitrogens with one attached hydrogen (secondary N) is 1. The van der Waals surface area contributed by atoms with Gasteiger partial charge in [-0.3, -0.25) is 0 Å². The van der Waals surface area contributed by atoms with E-state index in [-0.39, 0.29) is 12.6 Å². The SMILES string of the molecule is CCC(CO)NCC(O)c1ccccc1Cl. The van der Waals surface area contributed by atoms with E-state index >= 15 is 0 Å². The molecule has 2 unspecified atom stereocenters. The average molecular weight is 244 g/mol. The van der Waals surface area contributed by atoms with Gasteiger partial charge in [-0.2, -0.15) is 0 Å². The summed E-state index contributed by atoms with van der Waals surface area (Å²) in [5.41, 5.74) is 0.712. The van der Waals surface area contributed by atoms with Crippen LogP contribution in [-0.2, 0) is 0 Å². The molecule has 0 bridgehead atoms. The molecule has 0 saturated heterocycles. The molecule has 0 heterocycles. The Kier molecular flexibility index (Phi) is 5.77. The highest BCUT2D eigenvalue weighted by atomic mass is 35.5. The molecule has 0 spiro atoms. The topological polar surface area (TPSA) is 52.5 Å². The monoisotopic (exact) mass is 243 g/mol. The van der Waals surface area contributed by atoms with Gasteiger partial charge in [0.05, 0.1) is 12.7 Å². The lowest BCUT2D eigenvalue weighted by Gasteiger charge is -2.18. The molecule has 0 fully saturated rings. The first-order valence-corrected chi connectivity index (χ1v) is 5.83. The minimum absolute atomic E-state index is 0.0251. The lowest BCUT2D eigenvalue weighted by molar-refractivity contribution is 0.158. The van der Waals surface area contributed by atoms with Crippen molar-refractivity contribution >= 4 is 11.6 Å². The molecule has 0 aromatic heterocycles. The van der Waals surface area contributed by atoms with Gasteiger partial charge in [0.1, 0.15) is 0 Å². The molecule has 0 radical (unpaired) electrons. The molecule has 1 aromatic carbocycles. The smallest absolute Gasteiger partial charge is 0.0928 e. The van der Waals surface area contributed by atoms with Gasteiger partial charge in [0, 0.05) is 23.2 Å². The van der Waals surface area contributed by atoms with Gasteiger partial charge in [0.2, 0.25) is 0 Å². The van der Waals surface area contributed by atoms with Crippen LogP contribution in [-0.4, -0.2) is 29.4 Å². The van der Waals surface area contributed by atoms with E-state index in [1.54, 1.807) is 12.1 Å². The lowest BCUT2D eigenvalue weighted by Crippen LogP contribution is -2.35. The van der Waals surface area contributed by atoms with Crippen molar-refractivity contribution in [3.63, 3.8) is 0 Å². The summed E-state index contributed by atoms with van der Waals surface area (Å²) in [7, 11) is 0. The summed E-state index contributed by atoms with van der Waals surface area (Å²) in [5.74, 6) is 0. The first-order chi connectivity index (χ1) is 7.69. The Morgan fingerprint density at radius 1 is 1.38 bits per heavy atom. The van der Waals surface area contributed by atoms with Crippen molar-refractivity contribution in [2.24, 2.45) is 0 Å². The number of halogens is 1. The van der Waals surface area contributed by atoms with Crippen molar-refractivity contribution in [3.8, 4) is 0 Å². The van der Waals surface area contributed by atoms with Crippen LogP contribution in [0.5, 0.6) is 0 Å². The maximum Gasteiger partial charge on any atom is 0.0928 e. The predicted octanol–water partition coefficient (Wildman–Crippen LogP) is 1.73. The maximum atomic E-state index is 9.91. The van der Waals surface area contributed by atoms with Crippen molar-refractivity contribution in [2.75, 3.05) is 13.2 Å². The molecule has 3 nitrogen and oxygen atoms in total. The van der Waals surface area contributed by atoms with Crippen LogP contribution in [0.25, 0.3) is 0 Å². The number of aliphatic hydroxyl groups excluding tert-OH is 2. The molecule has 4 heteroatoms. The second-order valence-corrected chi connectivity index (χ2v) is 4.14. The fourth-order valence-corrected chi connectivity index (χ4v) is 1.73. The maximum absolute atomic E-state index is 9.91. The second-order valence-electron chi connectivity index (χ2n) is 3.73. The van der Waals surface area contributed by atoms with Crippen molar-refractivity contribution in [2.45, 2.75) is 25.5 Å². The van der Waals surface area contributed by atoms with Crippen LogP contribution in [0.15, 0.2) is 24.3 Å². The Balaban J connectivity index is 2.52. The van der Waals surface area contributed by atoms with Crippen molar-refractivity contribution in [3.05, 3.63) is 34.9 Å². The molecule has 0 aliphatic rings. The van der Waals surface area contributed by atoms with E-state index < -0.39 is 6.10 Å². The van der Waals surface area contributed by atoms with Gasteiger partial charge in [-0.1, -0.05) is 36.7 Å². The fraction of sp³-hybridized carbons (Fsp3) is 0.500. The Morgan fingerprint density at radius 3 is 2.62 bits per heavy atom. The Labute approximate surface area is 101 Å². The highest BCUT2D eigenvalue weighted by Gasteiger charge is 2.12. The van der Waals surface area contributed by atoms with Crippen LogP contribution in [0.4, 0.5) is 0 Å². The summed E-state index contributed by atoms with van der Waals surface area (Å²) < 4.78 is 0. The zero-order chi connectivity index (χ0) is 12.0. The van der Waals surface area contributed by atoms with Gasteiger partial charge >= 0.3 is 0 Å². The molecule has 2 atom stereocenters. The van der Waals surface area contributed by atoms with E-state index in [0.29, 0.717) is 17.1 Å². The number of hydrogen-bond donors (Lipinski definition) is 3.